The average molecular weight is 294 g/mol. The molecule has 21 heavy (non-hydrogen) atoms. The highest BCUT2D eigenvalue weighted by Gasteiger charge is 2.16. The van der Waals surface area contributed by atoms with Gasteiger partial charge in [-0.15, -0.1) is 0 Å². The summed E-state index contributed by atoms with van der Waals surface area (Å²) in [5, 5.41) is 2.81. The Kier molecular flexibility index (Phi) is 10.8. The standard InChI is InChI=1S/C6H9NO.C6H11NO.C4H6O/c1-2-7-5-3-4-6(7)8;8-6-4-2-1-3-5-7-6;1-4(2)3-5/h2H,1,3-5H2;1-5H2,(H,7,8);3H,1H2,2H3. The van der Waals surface area contributed by atoms with Gasteiger partial charge in [-0.05, 0) is 38.0 Å². The number of likely N-dealkylation sites (tertiary alicyclic amines) is 1. The maximum absolute atomic E-state index is 10.7. The third-order valence-electron chi connectivity index (χ3n) is 2.93. The number of carbonyl (C=O) groups is 3. The zero-order valence-electron chi connectivity index (χ0n) is 12.9. The van der Waals surface area contributed by atoms with E-state index in [1.165, 1.54) is 6.42 Å². The molecule has 0 bridgehead atoms. The fourth-order valence-corrected chi connectivity index (χ4v) is 1.77. The molecule has 0 spiro atoms. The minimum absolute atomic E-state index is 0.208. The van der Waals surface area contributed by atoms with Gasteiger partial charge in [-0.3, -0.25) is 14.4 Å². The van der Waals surface area contributed by atoms with Crippen molar-refractivity contribution in [3.63, 3.8) is 0 Å². The summed E-state index contributed by atoms with van der Waals surface area (Å²) in [6.07, 6.45) is 8.18. The van der Waals surface area contributed by atoms with Crippen LogP contribution in [-0.4, -0.2) is 36.1 Å². The molecule has 1 N–H and O–H groups in total. The van der Waals surface area contributed by atoms with Gasteiger partial charge in [0.25, 0.3) is 0 Å². The second kappa shape index (κ2) is 11.9. The Morgan fingerprint density at radius 3 is 2.29 bits per heavy atom. The first-order valence-electron chi connectivity index (χ1n) is 7.30. The number of allylic oxidation sites excluding steroid dienone is 1. The lowest BCUT2D eigenvalue weighted by atomic mass is 10.2. The quantitative estimate of drug-likeness (QED) is 0.627. The van der Waals surface area contributed by atoms with E-state index in [4.69, 9.17) is 0 Å². The Bertz CT molecular complexity index is 368. The summed E-state index contributed by atoms with van der Waals surface area (Å²) in [6.45, 7) is 10.2. The zero-order chi connectivity index (χ0) is 16.1. The molecule has 2 amide bonds. The third-order valence-corrected chi connectivity index (χ3v) is 2.93. The summed E-state index contributed by atoms with van der Waals surface area (Å²) in [7, 11) is 0. The molecule has 2 fully saturated rings. The van der Waals surface area contributed by atoms with Crippen molar-refractivity contribution in [3.8, 4) is 0 Å². The Labute approximate surface area is 127 Å². The van der Waals surface area contributed by atoms with Gasteiger partial charge < -0.3 is 10.2 Å². The predicted octanol–water partition coefficient (Wildman–Crippen LogP) is 2.19. The third kappa shape index (κ3) is 10.5. The van der Waals surface area contributed by atoms with Gasteiger partial charge in [-0.1, -0.05) is 19.6 Å². The first-order chi connectivity index (χ1) is 10.0. The molecule has 0 unspecified atom stereocenters. The molecule has 2 aliphatic rings. The highest BCUT2D eigenvalue weighted by molar-refractivity contribution is 5.79. The molecular formula is C16H26N2O3. The summed E-state index contributed by atoms with van der Waals surface area (Å²) in [6, 6.07) is 0. The summed E-state index contributed by atoms with van der Waals surface area (Å²) < 4.78 is 0. The molecule has 118 valence electrons. The molecule has 5 nitrogen and oxygen atoms in total. The number of nitrogens with zero attached hydrogens (tertiary/aromatic N) is 1. The van der Waals surface area contributed by atoms with E-state index in [-0.39, 0.29) is 11.8 Å². The summed E-state index contributed by atoms with van der Waals surface area (Å²) in [5.74, 6) is 0.433. The Morgan fingerprint density at radius 1 is 1.19 bits per heavy atom. The smallest absolute Gasteiger partial charge is 0.226 e. The highest BCUT2D eigenvalue weighted by atomic mass is 16.2. The monoisotopic (exact) mass is 294 g/mol. The summed E-state index contributed by atoms with van der Waals surface area (Å²) in [5.41, 5.74) is 0.574. The van der Waals surface area contributed by atoms with Crippen LogP contribution in [0.5, 0.6) is 0 Å². The molecule has 2 heterocycles. The van der Waals surface area contributed by atoms with Crippen molar-refractivity contribution in [3.05, 3.63) is 24.9 Å². The molecule has 0 aromatic heterocycles. The minimum atomic E-state index is 0.208. The first kappa shape index (κ1) is 19.1. The van der Waals surface area contributed by atoms with Crippen LogP contribution >= 0.6 is 0 Å². The molecule has 2 rings (SSSR count). The van der Waals surface area contributed by atoms with E-state index in [1.54, 1.807) is 18.0 Å². The van der Waals surface area contributed by atoms with E-state index in [0.717, 1.165) is 45.1 Å². The van der Waals surface area contributed by atoms with Crippen LogP contribution in [0.1, 0.15) is 45.4 Å². The van der Waals surface area contributed by atoms with E-state index < -0.39 is 0 Å². The van der Waals surface area contributed by atoms with Crippen molar-refractivity contribution in [2.75, 3.05) is 13.1 Å². The number of hydrogen-bond acceptors (Lipinski definition) is 3. The average Bonchev–Trinajstić information content (AvgIpc) is 2.74. The van der Waals surface area contributed by atoms with E-state index >= 15 is 0 Å². The Morgan fingerprint density at radius 2 is 1.86 bits per heavy atom. The van der Waals surface area contributed by atoms with Crippen molar-refractivity contribution in [2.24, 2.45) is 0 Å². The van der Waals surface area contributed by atoms with Gasteiger partial charge in [0.05, 0.1) is 0 Å². The minimum Gasteiger partial charge on any atom is -0.356 e. The van der Waals surface area contributed by atoms with Gasteiger partial charge in [0, 0.05) is 25.9 Å². The SMILES string of the molecule is C=C(C)C=O.C=CN1CCCC1=O.O=C1CCCCCN1. The van der Waals surface area contributed by atoms with E-state index in [9.17, 15) is 14.4 Å². The molecule has 0 aromatic rings. The first-order valence-corrected chi connectivity index (χ1v) is 7.30. The molecule has 0 aromatic carbocycles. The second-order valence-corrected chi connectivity index (χ2v) is 5.00. The zero-order valence-corrected chi connectivity index (χ0v) is 12.9. The van der Waals surface area contributed by atoms with Gasteiger partial charge in [0.15, 0.2) is 0 Å². The maximum atomic E-state index is 10.7. The van der Waals surface area contributed by atoms with Crippen LogP contribution in [0.15, 0.2) is 24.9 Å². The van der Waals surface area contributed by atoms with Gasteiger partial charge in [-0.2, -0.15) is 0 Å². The van der Waals surface area contributed by atoms with Crippen molar-refractivity contribution in [1.82, 2.24) is 10.2 Å². The molecule has 2 saturated heterocycles. The molecule has 2 aliphatic heterocycles. The molecule has 0 atom stereocenters. The van der Waals surface area contributed by atoms with Gasteiger partial charge in [0.1, 0.15) is 6.29 Å². The molecule has 0 saturated carbocycles. The van der Waals surface area contributed by atoms with Crippen molar-refractivity contribution >= 4 is 18.1 Å². The van der Waals surface area contributed by atoms with E-state index in [0.29, 0.717) is 12.0 Å². The molecular weight excluding hydrogens is 268 g/mol. The van der Waals surface area contributed by atoms with Crippen LogP contribution in [0.3, 0.4) is 0 Å². The van der Waals surface area contributed by atoms with Crippen LogP contribution in [0, 0.1) is 0 Å². The van der Waals surface area contributed by atoms with Gasteiger partial charge >= 0.3 is 0 Å². The van der Waals surface area contributed by atoms with E-state index in [1.807, 2.05) is 0 Å². The van der Waals surface area contributed by atoms with Crippen molar-refractivity contribution < 1.29 is 14.4 Å². The van der Waals surface area contributed by atoms with Crippen molar-refractivity contribution in [1.29, 1.82) is 0 Å². The lowest BCUT2D eigenvalue weighted by Crippen LogP contribution is -2.21. The topological polar surface area (TPSA) is 66.5 Å². The normalized spacial score (nSPS) is 17.3. The van der Waals surface area contributed by atoms with Gasteiger partial charge in [-0.25, -0.2) is 0 Å². The molecule has 0 radical (unpaired) electrons. The number of carbonyl (C=O) groups excluding carboxylic acids is 3. The number of hydrogen-bond donors (Lipinski definition) is 1. The van der Waals surface area contributed by atoms with Crippen LogP contribution in [-0.2, 0) is 14.4 Å². The Hall–Kier alpha value is -1.91. The Balaban J connectivity index is 0.000000296. The number of amides is 2. The summed E-state index contributed by atoms with van der Waals surface area (Å²) >= 11 is 0. The lowest BCUT2D eigenvalue weighted by Gasteiger charge is -2.05. The molecule has 5 heteroatoms. The van der Waals surface area contributed by atoms with Crippen LogP contribution in [0.4, 0.5) is 0 Å². The largest absolute Gasteiger partial charge is 0.356 e. The molecule has 0 aliphatic carbocycles. The maximum Gasteiger partial charge on any atom is 0.226 e. The van der Waals surface area contributed by atoms with Crippen molar-refractivity contribution in [2.45, 2.75) is 45.4 Å². The fraction of sp³-hybridized carbons (Fsp3) is 0.562. The van der Waals surface area contributed by atoms with Crippen LogP contribution < -0.4 is 5.32 Å². The van der Waals surface area contributed by atoms with Crippen LogP contribution in [0.25, 0.3) is 0 Å². The van der Waals surface area contributed by atoms with E-state index in [2.05, 4.69) is 18.5 Å². The second-order valence-electron chi connectivity index (χ2n) is 5.00. The number of rotatable bonds is 2. The summed E-state index contributed by atoms with van der Waals surface area (Å²) in [4.78, 5) is 32.3. The predicted molar refractivity (Wildman–Crippen MR) is 83.5 cm³/mol. The fourth-order valence-electron chi connectivity index (χ4n) is 1.77. The number of nitrogens with one attached hydrogen (secondary N) is 1. The van der Waals surface area contributed by atoms with Gasteiger partial charge in [0.2, 0.25) is 11.8 Å². The number of aldehydes is 1. The van der Waals surface area contributed by atoms with Crippen LogP contribution in [0.2, 0.25) is 0 Å². The highest BCUT2D eigenvalue weighted by Crippen LogP contribution is 2.08. The lowest BCUT2D eigenvalue weighted by molar-refractivity contribution is -0.125.